The van der Waals surface area contributed by atoms with Gasteiger partial charge in [-0.1, -0.05) is 12.1 Å². The number of benzene rings is 2. The lowest BCUT2D eigenvalue weighted by molar-refractivity contribution is -0.119. The van der Waals surface area contributed by atoms with Gasteiger partial charge in [0.15, 0.2) is 9.84 Å². The van der Waals surface area contributed by atoms with Gasteiger partial charge in [0.2, 0.25) is 5.91 Å². The first-order chi connectivity index (χ1) is 14.1. The van der Waals surface area contributed by atoms with Crippen LogP contribution in [0.3, 0.4) is 0 Å². The molecule has 0 fully saturated rings. The molecule has 158 valence electrons. The van der Waals surface area contributed by atoms with E-state index < -0.39 is 9.84 Å². The molecule has 2 aromatic carbocycles. The highest BCUT2D eigenvalue weighted by molar-refractivity contribution is 7.90. The fraction of sp³-hybridized carbons (Fsp3) is 0.318. The third kappa shape index (κ3) is 4.28. The molecular formula is C22H24N2O5S. The maximum atomic E-state index is 12.8. The number of amides is 3. The van der Waals surface area contributed by atoms with Crippen molar-refractivity contribution in [1.82, 2.24) is 4.90 Å². The maximum Gasteiger partial charge on any atom is 0.261 e. The van der Waals surface area contributed by atoms with Gasteiger partial charge in [-0.15, -0.1) is 0 Å². The Morgan fingerprint density at radius 2 is 1.50 bits per heavy atom. The molecule has 0 unspecified atom stereocenters. The van der Waals surface area contributed by atoms with Crippen molar-refractivity contribution in [2.75, 3.05) is 17.7 Å². The van der Waals surface area contributed by atoms with Crippen LogP contribution in [0.2, 0.25) is 0 Å². The lowest BCUT2D eigenvalue weighted by Gasteiger charge is -2.27. The van der Waals surface area contributed by atoms with Crippen LogP contribution in [-0.4, -0.2) is 49.9 Å². The minimum absolute atomic E-state index is 0.138. The largest absolute Gasteiger partial charge is 0.310 e. The zero-order chi connectivity index (χ0) is 22.1. The van der Waals surface area contributed by atoms with Crippen molar-refractivity contribution >= 4 is 33.2 Å². The average molecular weight is 429 g/mol. The van der Waals surface area contributed by atoms with Gasteiger partial charge >= 0.3 is 0 Å². The van der Waals surface area contributed by atoms with Crippen molar-refractivity contribution in [2.24, 2.45) is 0 Å². The zero-order valence-corrected chi connectivity index (χ0v) is 18.0. The quantitative estimate of drug-likeness (QED) is 0.633. The first-order valence-electron chi connectivity index (χ1n) is 9.68. The number of rotatable bonds is 7. The molecule has 3 amide bonds. The molecule has 0 aliphatic carbocycles. The fourth-order valence-corrected chi connectivity index (χ4v) is 4.17. The molecule has 0 spiro atoms. The summed E-state index contributed by atoms with van der Waals surface area (Å²) in [6, 6.07) is 12.7. The Hall–Kier alpha value is -3.00. The van der Waals surface area contributed by atoms with Gasteiger partial charge in [-0.3, -0.25) is 19.3 Å². The standard InChI is InChI=1S/C22H24N2O5S/c1-15(2)24(16-10-12-17(13-11-16)30(3,28)29)20(25)9-6-14-23-21(26)18-7-4-5-8-19(18)22(23)27/h4-5,7-8,10-13,15H,6,9,14H2,1-3H3. The monoisotopic (exact) mass is 428 g/mol. The lowest BCUT2D eigenvalue weighted by atomic mass is 10.1. The van der Waals surface area contributed by atoms with Crippen molar-refractivity contribution in [3.63, 3.8) is 0 Å². The fourth-order valence-electron chi connectivity index (χ4n) is 3.54. The van der Waals surface area contributed by atoms with E-state index in [1.807, 2.05) is 13.8 Å². The summed E-state index contributed by atoms with van der Waals surface area (Å²) >= 11 is 0. The highest BCUT2D eigenvalue weighted by Gasteiger charge is 2.34. The highest BCUT2D eigenvalue weighted by atomic mass is 32.2. The van der Waals surface area contributed by atoms with E-state index in [4.69, 9.17) is 0 Å². The number of sulfone groups is 1. The number of carbonyl (C=O) groups is 3. The molecule has 3 rings (SSSR count). The Balaban J connectivity index is 1.65. The van der Waals surface area contributed by atoms with Gasteiger partial charge < -0.3 is 4.90 Å². The summed E-state index contributed by atoms with van der Waals surface area (Å²) in [6.07, 6.45) is 1.63. The molecule has 0 saturated carbocycles. The molecule has 0 N–H and O–H groups in total. The van der Waals surface area contributed by atoms with Crippen LogP contribution in [0.1, 0.15) is 47.4 Å². The van der Waals surface area contributed by atoms with Crippen molar-refractivity contribution in [3.8, 4) is 0 Å². The van der Waals surface area contributed by atoms with E-state index >= 15 is 0 Å². The third-order valence-electron chi connectivity index (χ3n) is 4.98. The molecule has 0 bridgehead atoms. The molecule has 0 saturated heterocycles. The number of nitrogens with zero attached hydrogens (tertiary/aromatic N) is 2. The summed E-state index contributed by atoms with van der Waals surface area (Å²) in [5, 5.41) is 0. The molecule has 1 heterocycles. The summed E-state index contributed by atoms with van der Waals surface area (Å²) in [7, 11) is -3.32. The van der Waals surface area contributed by atoms with Crippen LogP contribution in [0.4, 0.5) is 5.69 Å². The second-order valence-corrected chi connectivity index (χ2v) is 9.55. The van der Waals surface area contributed by atoms with E-state index in [0.717, 1.165) is 6.26 Å². The van der Waals surface area contributed by atoms with E-state index in [2.05, 4.69) is 0 Å². The van der Waals surface area contributed by atoms with Crippen LogP contribution in [0, 0.1) is 0 Å². The lowest BCUT2D eigenvalue weighted by Crippen LogP contribution is -2.38. The highest BCUT2D eigenvalue weighted by Crippen LogP contribution is 2.24. The Bertz CT molecular complexity index is 1060. The number of fused-ring (bicyclic) bond motifs is 1. The molecule has 0 radical (unpaired) electrons. The van der Waals surface area contributed by atoms with E-state index in [1.165, 1.54) is 17.0 Å². The molecule has 0 atom stereocenters. The van der Waals surface area contributed by atoms with Gasteiger partial charge in [-0.2, -0.15) is 0 Å². The maximum absolute atomic E-state index is 12.8. The molecule has 30 heavy (non-hydrogen) atoms. The Labute approximate surface area is 176 Å². The second-order valence-electron chi connectivity index (χ2n) is 7.53. The number of imide groups is 1. The summed E-state index contributed by atoms with van der Waals surface area (Å²) in [5.41, 5.74) is 1.38. The SMILES string of the molecule is CC(C)N(C(=O)CCCN1C(=O)c2ccccc2C1=O)c1ccc(S(C)(=O)=O)cc1. The van der Waals surface area contributed by atoms with Gasteiger partial charge in [-0.05, 0) is 56.7 Å². The Morgan fingerprint density at radius 1 is 0.967 bits per heavy atom. The van der Waals surface area contributed by atoms with Crippen molar-refractivity contribution in [2.45, 2.75) is 37.6 Å². The first-order valence-corrected chi connectivity index (χ1v) is 11.6. The normalized spacial score (nSPS) is 13.7. The van der Waals surface area contributed by atoms with Gasteiger partial charge in [0.05, 0.1) is 16.0 Å². The molecule has 1 aliphatic rings. The molecular weight excluding hydrogens is 404 g/mol. The summed E-state index contributed by atoms with van der Waals surface area (Å²) in [4.78, 5) is 40.6. The van der Waals surface area contributed by atoms with Crippen LogP contribution in [0.5, 0.6) is 0 Å². The van der Waals surface area contributed by atoms with Crippen molar-refractivity contribution in [3.05, 3.63) is 59.7 Å². The number of carbonyl (C=O) groups excluding carboxylic acids is 3. The number of hydrogen-bond acceptors (Lipinski definition) is 5. The molecule has 8 heteroatoms. The molecule has 2 aromatic rings. The summed E-state index contributed by atoms with van der Waals surface area (Å²) in [6.45, 7) is 3.90. The smallest absolute Gasteiger partial charge is 0.261 e. The van der Waals surface area contributed by atoms with Gasteiger partial charge in [0, 0.05) is 31.0 Å². The van der Waals surface area contributed by atoms with Crippen LogP contribution in [-0.2, 0) is 14.6 Å². The summed E-state index contributed by atoms with van der Waals surface area (Å²) < 4.78 is 23.3. The van der Waals surface area contributed by atoms with Crippen molar-refractivity contribution < 1.29 is 22.8 Å². The van der Waals surface area contributed by atoms with E-state index in [-0.39, 0.29) is 41.6 Å². The second kappa shape index (κ2) is 8.39. The third-order valence-corrected chi connectivity index (χ3v) is 6.11. The first kappa shape index (κ1) is 21.7. The van der Waals surface area contributed by atoms with Crippen LogP contribution in [0.15, 0.2) is 53.4 Å². The minimum Gasteiger partial charge on any atom is -0.310 e. The van der Waals surface area contributed by atoms with Crippen LogP contribution >= 0.6 is 0 Å². The predicted molar refractivity (Wildman–Crippen MR) is 113 cm³/mol. The van der Waals surface area contributed by atoms with Crippen LogP contribution < -0.4 is 4.90 Å². The van der Waals surface area contributed by atoms with E-state index in [0.29, 0.717) is 23.2 Å². The van der Waals surface area contributed by atoms with Gasteiger partial charge in [0.1, 0.15) is 0 Å². The molecule has 1 aliphatic heterocycles. The molecule has 0 aromatic heterocycles. The van der Waals surface area contributed by atoms with Gasteiger partial charge in [0.25, 0.3) is 11.8 Å². The minimum atomic E-state index is -3.32. The number of anilines is 1. The zero-order valence-electron chi connectivity index (χ0n) is 17.2. The Kier molecular flexibility index (Phi) is 6.07. The van der Waals surface area contributed by atoms with Crippen molar-refractivity contribution in [1.29, 1.82) is 0 Å². The van der Waals surface area contributed by atoms with Gasteiger partial charge in [-0.25, -0.2) is 8.42 Å². The topological polar surface area (TPSA) is 91.8 Å². The van der Waals surface area contributed by atoms with E-state index in [1.54, 1.807) is 41.3 Å². The predicted octanol–water partition coefficient (Wildman–Crippen LogP) is 2.91. The number of hydrogen-bond donors (Lipinski definition) is 0. The summed E-state index contributed by atoms with van der Waals surface area (Å²) in [5.74, 6) is -0.825. The van der Waals surface area contributed by atoms with Crippen LogP contribution in [0.25, 0.3) is 0 Å². The average Bonchev–Trinajstić information content (AvgIpc) is 2.93. The molecule has 7 nitrogen and oxygen atoms in total. The van der Waals surface area contributed by atoms with E-state index in [9.17, 15) is 22.8 Å². The Morgan fingerprint density at radius 3 is 1.97 bits per heavy atom.